The van der Waals surface area contributed by atoms with Crippen LogP contribution in [0.4, 0.5) is 0 Å². The lowest BCUT2D eigenvalue weighted by molar-refractivity contribution is -0.703. The molecule has 134 valence electrons. The molecule has 1 aromatic heterocycles. The van der Waals surface area contributed by atoms with Crippen LogP contribution in [0, 0.1) is 0 Å². The van der Waals surface area contributed by atoms with Crippen LogP contribution in [0.25, 0.3) is 0 Å². The molecule has 0 saturated heterocycles. The number of carboxylic acids is 1. The van der Waals surface area contributed by atoms with Crippen molar-refractivity contribution >= 4 is 21.2 Å². The molecule has 0 amide bonds. The molecule has 0 aliphatic heterocycles. The zero-order valence-electron chi connectivity index (χ0n) is 13.1. The molecule has 2 atom stereocenters. The van der Waals surface area contributed by atoms with Crippen LogP contribution in [0.5, 0.6) is 0 Å². The maximum Gasteiger partial charge on any atom is 0.368 e. The van der Waals surface area contributed by atoms with Gasteiger partial charge < -0.3 is 35.0 Å². The summed E-state index contributed by atoms with van der Waals surface area (Å²) in [6.07, 6.45) is 1.47. The fourth-order valence-corrected chi connectivity index (χ4v) is 2.66. The fourth-order valence-electron chi connectivity index (χ4n) is 2.02. The van der Waals surface area contributed by atoms with Gasteiger partial charge in [0, 0.05) is 31.7 Å². The lowest BCUT2D eigenvalue weighted by atomic mass is 10.1. The highest BCUT2D eigenvalue weighted by atomic mass is 31.2. The summed E-state index contributed by atoms with van der Waals surface area (Å²) in [7, 11) is -3.52. The van der Waals surface area contributed by atoms with Gasteiger partial charge in [-0.3, -0.25) is 4.57 Å². The third-order valence-electron chi connectivity index (χ3n) is 3.24. The second-order valence-corrected chi connectivity index (χ2v) is 7.12. The Balaban J connectivity index is 2.85. The number of aliphatic hydroxyl groups excluding tert-OH is 1. The minimum Gasteiger partial charge on any atom is -0.479 e. The summed E-state index contributed by atoms with van der Waals surface area (Å²) in [5.74, 6) is -2.00. The number of aliphatic carboxylic acids is 1. The Labute approximate surface area is 139 Å². The number of nitrogens with zero attached hydrogens (tertiary/aromatic N) is 1. The van der Waals surface area contributed by atoms with Crippen LogP contribution in [0.15, 0.2) is 24.5 Å². The highest BCUT2D eigenvalue weighted by Crippen LogP contribution is 2.50. The SMILES string of the molecule is COBNCC(O)C[n+]1cccc(CC(O)(C(=O)O)P(=O)(O)O)c1. The molecule has 0 aromatic carbocycles. The van der Waals surface area contributed by atoms with Gasteiger partial charge in [-0.1, -0.05) is 0 Å². The van der Waals surface area contributed by atoms with Crippen LogP contribution >= 0.6 is 7.60 Å². The summed E-state index contributed by atoms with van der Waals surface area (Å²) < 4.78 is 17.6. The summed E-state index contributed by atoms with van der Waals surface area (Å²) in [6.45, 7) is 0.415. The minimum absolute atomic E-state index is 0.159. The molecular weight excluding hydrogens is 342 g/mol. The van der Waals surface area contributed by atoms with Gasteiger partial charge in [0.2, 0.25) is 0 Å². The summed E-state index contributed by atoms with van der Waals surface area (Å²) in [6, 6.07) is 2.95. The number of hydrogen-bond acceptors (Lipinski definition) is 6. The first-order valence-electron chi connectivity index (χ1n) is 6.97. The van der Waals surface area contributed by atoms with Crippen molar-refractivity contribution in [2.45, 2.75) is 24.4 Å². The van der Waals surface area contributed by atoms with E-state index in [0.717, 1.165) is 0 Å². The van der Waals surface area contributed by atoms with E-state index in [-0.39, 0.29) is 26.3 Å². The van der Waals surface area contributed by atoms with E-state index in [9.17, 15) is 19.6 Å². The molecule has 6 N–H and O–H groups in total. The van der Waals surface area contributed by atoms with Crippen molar-refractivity contribution in [3.05, 3.63) is 30.1 Å². The molecule has 0 spiro atoms. The Bertz CT molecular complexity index is 612. The molecule has 0 aliphatic carbocycles. The van der Waals surface area contributed by atoms with Crippen LogP contribution < -0.4 is 9.79 Å². The monoisotopic (exact) mass is 363 g/mol. The average molecular weight is 363 g/mol. The van der Waals surface area contributed by atoms with Gasteiger partial charge in [0.05, 0.1) is 0 Å². The van der Waals surface area contributed by atoms with E-state index in [1.165, 1.54) is 30.0 Å². The summed E-state index contributed by atoms with van der Waals surface area (Å²) in [4.78, 5) is 29.3. The van der Waals surface area contributed by atoms with Gasteiger partial charge in [0.1, 0.15) is 6.10 Å². The van der Waals surface area contributed by atoms with Crippen LogP contribution in [-0.2, 0) is 27.0 Å². The van der Waals surface area contributed by atoms with Crippen LogP contribution in [0.3, 0.4) is 0 Å². The second-order valence-electron chi connectivity index (χ2n) is 5.29. The molecule has 0 bridgehead atoms. The van der Waals surface area contributed by atoms with E-state index in [1.54, 1.807) is 6.20 Å². The molecule has 0 fully saturated rings. The smallest absolute Gasteiger partial charge is 0.368 e. The number of rotatable bonds is 10. The maximum atomic E-state index is 11.3. The van der Waals surface area contributed by atoms with Crippen LogP contribution in [0.1, 0.15) is 5.56 Å². The van der Waals surface area contributed by atoms with E-state index in [4.69, 9.17) is 19.5 Å². The quantitative estimate of drug-likeness (QED) is 0.113. The molecule has 0 radical (unpaired) electrons. The fraction of sp³-hybridized carbons (Fsp3) is 0.500. The lowest BCUT2D eigenvalue weighted by Gasteiger charge is -2.23. The van der Waals surface area contributed by atoms with Crippen molar-refractivity contribution in [2.24, 2.45) is 0 Å². The zero-order chi connectivity index (χ0) is 18.4. The highest BCUT2D eigenvalue weighted by molar-refractivity contribution is 7.54. The Morgan fingerprint density at radius 3 is 2.75 bits per heavy atom. The Kier molecular flexibility index (Phi) is 7.49. The van der Waals surface area contributed by atoms with Crippen molar-refractivity contribution in [3.8, 4) is 0 Å². The van der Waals surface area contributed by atoms with Gasteiger partial charge in [0.15, 0.2) is 18.9 Å². The number of pyridine rings is 1. The molecule has 0 aliphatic rings. The van der Waals surface area contributed by atoms with Crippen LogP contribution in [0.2, 0.25) is 0 Å². The van der Waals surface area contributed by atoms with E-state index in [1.807, 2.05) is 0 Å². The number of carbonyl (C=O) groups is 1. The van der Waals surface area contributed by atoms with Gasteiger partial charge in [-0.15, -0.1) is 0 Å². The minimum atomic E-state index is -5.30. The number of hydrogen-bond donors (Lipinski definition) is 6. The highest BCUT2D eigenvalue weighted by Gasteiger charge is 2.53. The summed E-state index contributed by atoms with van der Waals surface area (Å²) >= 11 is 0. The first kappa shape index (κ1) is 20.7. The molecular formula is C12H21BN2O8P+. The molecule has 2 unspecified atom stereocenters. The predicted octanol–water partition coefficient (Wildman–Crippen LogP) is -2.67. The summed E-state index contributed by atoms with van der Waals surface area (Å²) in [5, 5.41) is 28.3. The predicted molar refractivity (Wildman–Crippen MR) is 83.1 cm³/mol. The van der Waals surface area contributed by atoms with E-state index in [0.29, 0.717) is 0 Å². The van der Waals surface area contributed by atoms with Gasteiger partial charge in [-0.2, -0.15) is 0 Å². The number of carboxylic acid groups (broad SMARTS) is 1. The zero-order valence-corrected chi connectivity index (χ0v) is 14.0. The lowest BCUT2D eigenvalue weighted by Crippen LogP contribution is -2.45. The van der Waals surface area contributed by atoms with Crippen molar-refractivity contribution < 1.29 is 43.7 Å². The van der Waals surface area contributed by atoms with Gasteiger partial charge in [0.25, 0.3) is 5.34 Å². The largest absolute Gasteiger partial charge is 0.479 e. The van der Waals surface area contributed by atoms with Crippen molar-refractivity contribution in [3.63, 3.8) is 0 Å². The molecule has 0 saturated carbocycles. The Morgan fingerprint density at radius 2 is 2.21 bits per heavy atom. The maximum absolute atomic E-state index is 11.3. The van der Waals surface area contributed by atoms with Crippen molar-refractivity contribution in [1.82, 2.24) is 5.23 Å². The van der Waals surface area contributed by atoms with E-state index >= 15 is 0 Å². The third kappa shape index (κ3) is 5.64. The first-order valence-corrected chi connectivity index (χ1v) is 8.58. The van der Waals surface area contributed by atoms with E-state index < -0.39 is 31.4 Å². The molecule has 12 heteroatoms. The topological polar surface area (TPSA) is 160 Å². The molecule has 1 heterocycles. The Morgan fingerprint density at radius 1 is 1.54 bits per heavy atom. The summed E-state index contributed by atoms with van der Waals surface area (Å²) in [5.41, 5.74) is 0.197. The van der Waals surface area contributed by atoms with Gasteiger partial charge in [-0.25, -0.2) is 9.36 Å². The molecule has 1 rings (SSSR count). The normalized spacial score (nSPS) is 15.5. The second kappa shape index (κ2) is 8.68. The third-order valence-corrected chi connectivity index (χ3v) is 4.56. The Hall–Kier alpha value is -1.33. The molecule has 24 heavy (non-hydrogen) atoms. The molecule has 10 nitrogen and oxygen atoms in total. The first-order chi connectivity index (χ1) is 11.1. The van der Waals surface area contributed by atoms with Crippen molar-refractivity contribution in [2.75, 3.05) is 13.7 Å². The standard InChI is InChI=1S/C12H20BN2O8P/c1-23-13-14-6-10(16)8-15-4-2-3-9(7-15)5-12(19,11(17)18)24(20,21)22/h2-4,7,10,13-14,16,19H,5-6,8H2,1H3,(H2-,17,18,20,21,22)/p+1. The van der Waals surface area contributed by atoms with Crippen molar-refractivity contribution in [1.29, 1.82) is 0 Å². The average Bonchev–Trinajstić information content (AvgIpc) is 2.46. The van der Waals surface area contributed by atoms with Crippen LogP contribution in [-0.4, -0.2) is 63.8 Å². The van der Waals surface area contributed by atoms with Gasteiger partial charge >= 0.3 is 21.2 Å². The number of aliphatic hydroxyl groups is 2. The van der Waals surface area contributed by atoms with Gasteiger partial charge in [-0.05, 0) is 6.07 Å². The van der Waals surface area contributed by atoms with E-state index in [2.05, 4.69) is 5.23 Å². The molecule has 1 aromatic rings. The number of aromatic nitrogens is 1. The number of nitrogens with one attached hydrogen (secondary N) is 1.